The van der Waals surface area contributed by atoms with Gasteiger partial charge in [0.05, 0.1) is 18.3 Å². The molecule has 0 spiro atoms. The molecular weight excluding hydrogens is 310 g/mol. The molecule has 1 fully saturated rings. The van der Waals surface area contributed by atoms with Crippen molar-refractivity contribution < 1.29 is 0 Å². The zero-order valence-electron chi connectivity index (χ0n) is 13.0. The average molecular weight is 329 g/mol. The smallest absolute Gasteiger partial charge is 0.268 e. The third-order valence-electron chi connectivity index (χ3n) is 4.44. The van der Waals surface area contributed by atoms with Gasteiger partial charge in [0.25, 0.3) is 5.56 Å². The van der Waals surface area contributed by atoms with Crippen LogP contribution in [-0.2, 0) is 6.54 Å². The van der Waals surface area contributed by atoms with Gasteiger partial charge >= 0.3 is 0 Å². The Labute approximate surface area is 137 Å². The molecular formula is C16H19N5OS. The van der Waals surface area contributed by atoms with Crippen LogP contribution < -0.4 is 10.9 Å². The molecule has 7 heteroatoms. The Balaban J connectivity index is 1.64. The molecule has 1 aliphatic carbocycles. The van der Waals surface area contributed by atoms with E-state index < -0.39 is 0 Å². The summed E-state index contributed by atoms with van der Waals surface area (Å²) >= 11 is 1.46. The molecule has 0 bridgehead atoms. The Kier molecular flexibility index (Phi) is 3.74. The minimum atomic E-state index is -0.0596. The second-order valence-corrected chi connectivity index (χ2v) is 7.16. The van der Waals surface area contributed by atoms with Gasteiger partial charge in [-0.25, -0.2) is 4.98 Å². The maximum Gasteiger partial charge on any atom is 0.268 e. The third kappa shape index (κ3) is 2.82. The molecule has 1 aliphatic rings. The van der Waals surface area contributed by atoms with Crippen molar-refractivity contribution in [2.24, 2.45) is 0 Å². The lowest BCUT2D eigenvalue weighted by Crippen LogP contribution is -2.27. The van der Waals surface area contributed by atoms with E-state index in [1.165, 1.54) is 37.0 Å². The van der Waals surface area contributed by atoms with Crippen molar-refractivity contribution in [2.75, 3.05) is 0 Å². The first-order chi connectivity index (χ1) is 11.2. The van der Waals surface area contributed by atoms with Crippen LogP contribution >= 0.6 is 11.3 Å². The van der Waals surface area contributed by atoms with Gasteiger partial charge in [0.2, 0.25) is 0 Å². The SMILES string of the molecule is Cc1[nH]ncc1-c1cc2nc(CNC3CCCC3)[nH]c(=O)c2s1. The molecule has 1 saturated carbocycles. The summed E-state index contributed by atoms with van der Waals surface area (Å²) in [6, 6.07) is 2.54. The highest BCUT2D eigenvalue weighted by atomic mass is 32.1. The summed E-state index contributed by atoms with van der Waals surface area (Å²) < 4.78 is 0.671. The van der Waals surface area contributed by atoms with Crippen molar-refractivity contribution in [3.63, 3.8) is 0 Å². The fraction of sp³-hybridized carbons (Fsp3) is 0.438. The highest BCUT2D eigenvalue weighted by molar-refractivity contribution is 7.22. The lowest BCUT2D eigenvalue weighted by molar-refractivity contribution is 0.514. The van der Waals surface area contributed by atoms with Gasteiger partial charge in [0.1, 0.15) is 10.5 Å². The van der Waals surface area contributed by atoms with Crippen LogP contribution in [0.4, 0.5) is 0 Å². The number of nitrogens with zero attached hydrogens (tertiary/aromatic N) is 2. The van der Waals surface area contributed by atoms with Gasteiger partial charge in [-0.3, -0.25) is 9.89 Å². The normalized spacial score (nSPS) is 15.7. The molecule has 0 amide bonds. The quantitative estimate of drug-likeness (QED) is 0.687. The molecule has 4 rings (SSSR count). The van der Waals surface area contributed by atoms with Crippen molar-refractivity contribution >= 4 is 21.6 Å². The number of nitrogens with one attached hydrogen (secondary N) is 3. The van der Waals surface area contributed by atoms with Crippen molar-refractivity contribution in [2.45, 2.75) is 45.2 Å². The van der Waals surface area contributed by atoms with E-state index in [1.54, 1.807) is 6.20 Å². The van der Waals surface area contributed by atoms with Gasteiger partial charge < -0.3 is 10.3 Å². The van der Waals surface area contributed by atoms with E-state index in [4.69, 9.17) is 0 Å². The fourth-order valence-electron chi connectivity index (χ4n) is 3.17. The summed E-state index contributed by atoms with van der Waals surface area (Å²) in [5, 5.41) is 10.5. The Morgan fingerprint density at radius 3 is 2.96 bits per heavy atom. The van der Waals surface area contributed by atoms with E-state index in [1.807, 2.05) is 13.0 Å². The van der Waals surface area contributed by atoms with Gasteiger partial charge in [-0.1, -0.05) is 12.8 Å². The minimum absolute atomic E-state index is 0.0596. The first-order valence-corrected chi connectivity index (χ1v) is 8.79. The summed E-state index contributed by atoms with van der Waals surface area (Å²) in [4.78, 5) is 20.9. The van der Waals surface area contributed by atoms with E-state index in [2.05, 4.69) is 25.5 Å². The summed E-state index contributed by atoms with van der Waals surface area (Å²) in [6.07, 6.45) is 6.80. The highest BCUT2D eigenvalue weighted by Crippen LogP contribution is 2.31. The van der Waals surface area contributed by atoms with Crippen molar-refractivity contribution in [1.82, 2.24) is 25.5 Å². The molecule has 6 nitrogen and oxygen atoms in total. The monoisotopic (exact) mass is 329 g/mol. The highest BCUT2D eigenvalue weighted by Gasteiger charge is 2.16. The maximum atomic E-state index is 12.3. The second kappa shape index (κ2) is 5.90. The molecule has 3 heterocycles. The minimum Gasteiger partial charge on any atom is -0.308 e. The largest absolute Gasteiger partial charge is 0.308 e. The third-order valence-corrected chi connectivity index (χ3v) is 5.60. The molecule has 0 aliphatic heterocycles. The first kappa shape index (κ1) is 14.6. The van der Waals surface area contributed by atoms with Gasteiger partial charge in [0, 0.05) is 22.2 Å². The van der Waals surface area contributed by atoms with E-state index >= 15 is 0 Å². The molecule has 23 heavy (non-hydrogen) atoms. The number of aromatic amines is 2. The predicted octanol–water partition coefficient (Wildman–Crippen LogP) is 2.72. The summed E-state index contributed by atoms with van der Waals surface area (Å²) in [5.74, 6) is 0.711. The number of rotatable bonds is 4. The van der Waals surface area contributed by atoms with Gasteiger partial charge in [0.15, 0.2) is 0 Å². The summed E-state index contributed by atoms with van der Waals surface area (Å²) in [6.45, 7) is 2.59. The number of aryl methyl sites for hydroxylation is 1. The lowest BCUT2D eigenvalue weighted by Gasteiger charge is -2.10. The van der Waals surface area contributed by atoms with Crippen LogP contribution in [0, 0.1) is 6.92 Å². The Bertz CT molecular complexity index is 887. The molecule has 0 atom stereocenters. The lowest BCUT2D eigenvalue weighted by atomic mass is 10.2. The van der Waals surface area contributed by atoms with Crippen LogP contribution in [0.25, 0.3) is 20.7 Å². The number of aromatic nitrogens is 4. The maximum absolute atomic E-state index is 12.3. The number of fused-ring (bicyclic) bond motifs is 1. The first-order valence-electron chi connectivity index (χ1n) is 7.97. The van der Waals surface area contributed by atoms with Gasteiger partial charge in [-0.15, -0.1) is 11.3 Å². The standard InChI is InChI=1S/C16H19N5OS/c1-9-11(7-18-21-9)13-6-12-15(23-13)16(22)20-14(19-12)8-17-10-4-2-3-5-10/h6-7,10,17H,2-5,8H2,1H3,(H,18,21)(H,19,20,22). The molecule has 0 unspecified atom stereocenters. The summed E-state index contributed by atoms with van der Waals surface area (Å²) in [7, 11) is 0. The van der Waals surface area contributed by atoms with Crippen LogP contribution in [0.5, 0.6) is 0 Å². The Morgan fingerprint density at radius 2 is 2.22 bits per heavy atom. The van der Waals surface area contributed by atoms with Crippen LogP contribution in [0.15, 0.2) is 17.1 Å². The van der Waals surface area contributed by atoms with Crippen molar-refractivity contribution in [1.29, 1.82) is 0 Å². The average Bonchev–Trinajstić information content (AvgIpc) is 3.24. The fourth-order valence-corrected chi connectivity index (χ4v) is 4.23. The van der Waals surface area contributed by atoms with E-state index in [-0.39, 0.29) is 5.56 Å². The molecule has 0 radical (unpaired) electrons. The molecule has 3 aromatic heterocycles. The second-order valence-electron chi connectivity index (χ2n) is 6.11. The number of hydrogen-bond donors (Lipinski definition) is 3. The zero-order chi connectivity index (χ0) is 15.8. The Morgan fingerprint density at radius 1 is 1.39 bits per heavy atom. The van der Waals surface area contributed by atoms with Gasteiger partial charge in [-0.05, 0) is 25.8 Å². The Hall–Kier alpha value is -1.99. The molecule has 0 saturated heterocycles. The van der Waals surface area contributed by atoms with Crippen molar-refractivity contribution in [3.8, 4) is 10.4 Å². The predicted molar refractivity (Wildman–Crippen MR) is 91.7 cm³/mol. The van der Waals surface area contributed by atoms with E-state index in [0.717, 1.165) is 21.7 Å². The van der Waals surface area contributed by atoms with Crippen LogP contribution in [-0.4, -0.2) is 26.2 Å². The molecule has 3 N–H and O–H groups in total. The number of thiophene rings is 1. The number of H-pyrrole nitrogens is 2. The zero-order valence-corrected chi connectivity index (χ0v) is 13.8. The molecule has 3 aromatic rings. The van der Waals surface area contributed by atoms with Crippen LogP contribution in [0.2, 0.25) is 0 Å². The van der Waals surface area contributed by atoms with Crippen molar-refractivity contribution in [3.05, 3.63) is 34.1 Å². The summed E-state index contributed by atoms with van der Waals surface area (Å²) in [5.41, 5.74) is 2.72. The molecule has 0 aromatic carbocycles. The van der Waals surface area contributed by atoms with E-state index in [9.17, 15) is 4.79 Å². The molecule has 120 valence electrons. The van der Waals surface area contributed by atoms with Crippen LogP contribution in [0.3, 0.4) is 0 Å². The van der Waals surface area contributed by atoms with Gasteiger partial charge in [-0.2, -0.15) is 5.10 Å². The van der Waals surface area contributed by atoms with E-state index in [0.29, 0.717) is 23.1 Å². The number of hydrogen-bond acceptors (Lipinski definition) is 5. The topological polar surface area (TPSA) is 86.5 Å². The van der Waals surface area contributed by atoms with Crippen LogP contribution in [0.1, 0.15) is 37.2 Å².